The number of nitrogens with one attached hydrogen (secondary N) is 1. The highest BCUT2D eigenvalue weighted by Crippen LogP contribution is 2.08. The molecule has 3 N–H and O–H groups in total. The number of amides is 1. The first-order chi connectivity index (χ1) is 8.22. The van der Waals surface area contributed by atoms with Crippen molar-refractivity contribution in [2.24, 2.45) is 5.73 Å². The van der Waals surface area contributed by atoms with E-state index in [9.17, 15) is 4.79 Å². The number of hydrogen-bond donors (Lipinski definition) is 2. The van der Waals surface area contributed by atoms with E-state index < -0.39 is 0 Å². The SMILES string of the molecule is CCCCCCCCc1ncc(CC(N)=O)[nH]1. The summed E-state index contributed by atoms with van der Waals surface area (Å²) in [5.74, 6) is 0.650. The third-order valence-electron chi connectivity index (χ3n) is 2.81. The van der Waals surface area contributed by atoms with E-state index in [4.69, 9.17) is 5.73 Å². The van der Waals surface area contributed by atoms with Crippen LogP contribution in [0.3, 0.4) is 0 Å². The molecule has 17 heavy (non-hydrogen) atoms. The van der Waals surface area contributed by atoms with Gasteiger partial charge in [0.05, 0.1) is 6.42 Å². The third-order valence-corrected chi connectivity index (χ3v) is 2.81. The Morgan fingerprint density at radius 3 is 2.71 bits per heavy atom. The molecule has 0 aliphatic rings. The molecule has 0 saturated carbocycles. The van der Waals surface area contributed by atoms with Crippen molar-refractivity contribution in [1.29, 1.82) is 0 Å². The first-order valence-corrected chi connectivity index (χ1v) is 6.53. The van der Waals surface area contributed by atoms with Crippen molar-refractivity contribution in [1.82, 2.24) is 9.97 Å². The third kappa shape index (κ3) is 6.09. The molecule has 0 saturated heterocycles. The number of hydrogen-bond acceptors (Lipinski definition) is 2. The van der Waals surface area contributed by atoms with Crippen LogP contribution in [0.25, 0.3) is 0 Å². The van der Waals surface area contributed by atoms with Crippen molar-refractivity contribution < 1.29 is 4.79 Å². The van der Waals surface area contributed by atoms with Gasteiger partial charge in [0.25, 0.3) is 0 Å². The Balaban J connectivity index is 2.14. The molecule has 1 aromatic rings. The van der Waals surface area contributed by atoms with Gasteiger partial charge in [-0.2, -0.15) is 0 Å². The summed E-state index contributed by atoms with van der Waals surface area (Å²) in [4.78, 5) is 18.1. The largest absolute Gasteiger partial charge is 0.369 e. The van der Waals surface area contributed by atoms with Crippen molar-refractivity contribution >= 4 is 5.91 Å². The van der Waals surface area contributed by atoms with Crippen molar-refractivity contribution in [2.45, 2.75) is 58.3 Å². The Morgan fingerprint density at radius 1 is 1.29 bits per heavy atom. The molecular formula is C13H23N3O. The van der Waals surface area contributed by atoms with Gasteiger partial charge in [0.1, 0.15) is 5.82 Å². The lowest BCUT2D eigenvalue weighted by Gasteiger charge is -1.99. The van der Waals surface area contributed by atoms with Crippen LogP contribution < -0.4 is 5.73 Å². The molecule has 4 nitrogen and oxygen atoms in total. The topological polar surface area (TPSA) is 71.8 Å². The summed E-state index contributed by atoms with van der Waals surface area (Å²) in [7, 11) is 0. The number of nitrogens with zero attached hydrogens (tertiary/aromatic N) is 1. The lowest BCUT2D eigenvalue weighted by Crippen LogP contribution is -2.13. The fourth-order valence-electron chi connectivity index (χ4n) is 1.88. The summed E-state index contributed by atoms with van der Waals surface area (Å²) < 4.78 is 0. The monoisotopic (exact) mass is 237 g/mol. The molecule has 0 unspecified atom stereocenters. The molecule has 4 heteroatoms. The van der Waals surface area contributed by atoms with Crippen LogP contribution in [0.5, 0.6) is 0 Å². The summed E-state index contributed by atoms with van der Waals surface area (Å²) in [6.07, 6.45) is 10.6. The zero-order chi connectivity index (χ0) is 12.5. The number of nitrogens with two attached hydrogens (primary N) is 1. The number of H-pyrrole nitrogens is 1. The highest BCUT2D eigenvalue weighted by molar-refractivity contribution is 5.75. The summed E-state index contributed by atoms with van der Waals surface area (Å²) in [5, 5.41) is 0. The maximum atomic E-state index is 10.7. The minimum Gasteiger partial charge on any atom is -0.369 e. The highest BCUT2D eigenvalue weighted by atomic mass is 16.1. The van der Waals surface area contributed by atoms with Crippen LogP contribution in [0.15, 0.2) is 6.20 Å². The number of unbranched alkanes of at least 4 members (excludes halogenated alkanes) is 5. The van der Waals surface area contributed by atoms with Crippen molar-refractivity contribution in [2.75, 3.05) is 0 Å². The molecule has 1 amide bonds. The number of aromatic amines is 1. The minimum atomic E-state index is -0.320. The van der Waals surface area contributed by atoms with Crippen LogP contribution in [0.1, 0.15) is 57.0 Å². The molecule has 0 radical (unpaired) electrons. The van der Waals surface area contributed by atoms with Crippen LogP contribution in [-0.4, -0.2) is 15.9 Å². The summed E-state index contributed by atoms with van der Waals surface area (Å²) in [6, 6.07) is 0. The first-order valence-electron chi connectivity index (χ1n) is 6.53. The second kappa shape index (κ2) is 7.87. The van der Waals surface area contributed by atoms with E-state index in [1.54, 1.807) is 6.20 Å². The molecule has 0 aliphatic carbocycles. The minimum absolute atomic E-state index is 0.253. The molecule has 0 atom stereocenters. The molecule has 0 aromatic carbocycles. The molecule has 0 spiro atoms. The lowest BCUT2D eigenvalue weighted by molar-refractivity contribution is -0.117. The van der Waals surface area contributed by atoms with Gasteiger partial charge < -0.3 is 10.7 Å². The van der Waals surface area contributed by atoms with Crippen molar-refractivity contribution in [3.05, 3.63) is 17.7 Å². The van der Waals surface area contributed by atoms with Gasteiger partial charge in [-0.05, 0) is 6.42 Å². The van der Waals surface area contributed by atoms with Crippen LogP contribution in [0.2, 0.25) is 0 Å². The van der Waals surface area contributed by atoms with E-state index in [0.29, 0.717) is 0 Å². The standard InChI is InChI=1S/C13H23N3O/c1-2-3-4-5-6-7-8-13-15-10-11(16-13)9-12(14)17/h10H,2-9H2,1H3,(H2,14,17)(H,15,16). The molecule has 0 fully saturated rings. The van der Waals surface area contributed by atoms with Gasteiger partial charge in [-0.3, -0.25) is 4.79 Å². The number of carbonyl (C=O) groups is 1. The average molecular weight is 237 g/mol. The molecule has 1 rings (SSSR count). The van der Waals surface area contributed by atoms with Gasteiger partial charge in [-0.15, -0.1) is 0 Å². The number of aryl methyl sites for hydroxylation is 1. The van der Waals surface area contributed by atoms with Crippen LogP contribution in [0.4, 0.5) is 0 Å². The fourth-order valence-corrected chi connectivity index (χ4v) is 1.88. The number of carbonyl (C=O) groups excluding carboxylic acids is 1. The second-order valence-corrected chi connectivity index (χ2v) is 4.52. The fraction of sp³-hybridized carbons (Fsp3) is 0.692. The zero-order valence-electron chi connectivity index (χ0n) is 10.7. The van der Waals surface area contributed by atoms with E-state index in [1.807, 2.05) is 0 Å². The van der Waals surface area contributed by atoms with E-state index in [0.717, 1.165) is 24.4 Å². The summed E-state index contributed by atoms with van der Waals surface area (Å²) in [6.45, 7) is 2.23. The Bertz CT molecular complexity index is 333. The van der Waals surface area contributed by atoms with E-state index in [2.05, 4.69) is 16.9 Å². The maximum Gasteiger partial charge on any atom is 0.223 e. The maximum absolute atomic E-state index is 10.7. The quantitative estimate of drug-likeness (QED) is 0.647. The second-order valence-electron chi connectivity index (χ2n) is 4.52. The van der Waals surface area contributed by atoms with Gasteiger partial charge in [-0.25, -0.2) is 4.98 Å². The number of aromatic nitrogens is 2. The van der Waals surface area contributed by atoms with Gasteiger partial charge in [0.15, 0.2) is 0 Å². The van der Waals surface area contributed by atoms with E-state index in [-0.39, 0.29) is 12.3 Å². The predicted molar refractivity (Wildman–Crippen MR) is 68.6 cm³/mol. The van der Waals surface area contributed by atoms with Crippen molar-refractivity contribution in [3.63, 3.8) is 0 Å². The van der Waals surface area contributed by atoms with Gasteiger partial charge >= 0.3 is 0 Å². The summed E-state index contributed by atoms with van der Waals surface area (Å²) >= 11 is 0. The average Bonchev–Trinajstić information content (AvgIpc) is 2.70. The normalized spacial score (nSPS) is 10.6. The molecule has 96 valence electrons. The molecule has 1 heterocycles. The van der Waals surface area contributed by atoms with E-state index >= 15 is 0 Å². The van der Waals surface area contributed by atoms with Crippen LogP contribution >= 0.6 is 0 Å². The Hall–Kier alpha value is -1.32. The Kier molecular flexibility index (Phi) is 6.37. The van der Waals surface area contributed by atoms with Gasteiger partial charge in [-0.1, -0.05) is 39.0 Å². The van der Waals surface area contributed by atoms with Crippen LogP contribution in [-0.2, 0) is 17.6 Å². The van der Waals surface area contributed by atoms with Crippen molar-refractivity contribution in [3.8, 4) is 0 Å². The Labute approximate surface area is 103 Å². The molecule has 0 aliphatic heterocycles. The zero-order valence-corrected chi connectivity index (χ0v) is 10.7. The summed E-state index contributed by atoms with van der Waals surface area (Å²) in [5.41, 5.74) is 5.93. The number of primary amides is 1. The number of imidazole rings is 1. The van der Waals surface area contributed by atoms with Gasteiger partial charge in [0.2, 0.25) is 5.91 Å². The molecule has 0 bridgehead atoms. The molecular weight excluding hydrogens is 214 g/mol. The number of rotatable bonds is 9. The molecule has 1 aromatic heterocycles. The first kappa shape index (κ1) is 13.7. The predicted octanol–water partition coefficient (Wildman–Crippen LogP) is 2.34. The van der Waals surface area contributed by atoms with Gasteiger partial charge in [0, 0.05) is 18.3 Å². The lowest BCUT2D eigenvalue weighted by atomic mass is 10.1. The Morgan fingerprint density at radius 2 is 2.00 bits per heavy atom. The van der Waals surface area contributed by atoms with Crippen LogP contribution in [0, 0.1) is 0 Å². The van der Waals surface area contributed by atoms with E-state index in [1.165, 1.54) is 32.1 Å². The highest BCUT2D eigenvalue weighted by Gasteiger charge is 2.03. The smallest absolute Gasteiger partial charge is 0.223 e.